The van der Waals surface area contributed by atoms with Crippen LogP contribution in [-0.4, -0.2) is 10.6 Å². The van der Waals surface area contributed by atoms with E-state index in [0.29, 0.717) is 0 Å². The van der Waals surface area contributed by atoms with E-state index in [0.717, 1.165) is 69.2 Å². The van der Waals surface area contributed by atoms with Gasteiger partial charge in [0.25, 0.3) is 0 Å². The van der Waals surface area contributed by atoms with Gasteiger partial charge in [-0.1, -0.05) is 439 Å². The first-order valence-electron chi connectivity index (χ1n) is 51.9. The molecule has 0 fully saturated rings. The average Bonchev–Trinajstić information content (AvgIpc) is 1.50. The molecule has 0 N–H and O–H groups in total. The van der Waals surface area contributed by atoms with Gasteiger partial charge in [-0.2, -0.15) is 5.06 Å². The molecule has 0 saturated carbocycles. The maximum Gasteiger partial charge on any atom is 0.105 e. The molecule has 0 aliphatic heterocycles. The van der Waals surface area contributed by atoms with Crippen LogP contribution >= 0.6 is 0 Å². The first-order valence-corrected chi connectivity index (χ1v) is 51.9. The van der Waals surface area contributed by atoms with E-state index in [9.17, 15) is 0 Å². The smallest absolute Gasteiger partial charge is 0.105 e. The number of hydroxylamine groups is 2. The Morgan fingerprint density at radius 2 is 0.569 bits per heavy atom. The van der Waals surface area contributed by atoms with Crippen LogP contribution in [0.2, 0.25) is 0 Å². The highest BCUT2D eigenvalue weighted by Gasteiger charge is 2.53. The topological polar surface area (TPSA) is 19.0 Å². The minimum atomic E-state index is -0.663. The van der Waals surface area contributed by atoms with Crippen LogP contribution in [-0.2, 0) is 31.9 Å². The zero-order chi connectivity index (χ0) is 98.3. The number of para-hydroxylation sites is 2. The molecule has 0 saturated heterocycles. The number of anilines is 6. The summed E-state index contributed by atoms with van der Waals surface area (Å²) in [6, 6.07) is 173. The van der Waals surface area contributed by atoms with Gasteiger partial charge in [-0.3, -0.25) is 4.84 Å². The summed E-state index contributed by atoms with van der Waals surface area (Å²) in [5.74, 6) is 0.520. The molecule has 144 heavy (non-hydrogen) atoms. The average molecular weight is 1860 g/mol. The summed E-state index contributed by atoms with van der Waals surface area (Å²) in [4.78, 5) is 13.0. The molecule has 0 radical (unpaired) electrons. The highest BCUT2D eigenvalue weighted by atomic mass is 16.7. The number of hydrogen-bond donors (Lipinski definition) is 0. The Bertz CT molecular complexity index is 7940. The second kappa shape index (κ2) is 35.7. The number of nitrogens with zero attached hydrogens (tertiary/aromatic N) is 3. The minimum Gasteiger partial charge on any atom is -0.310 e. The van der Waals surface area contributed by atoms with Gasteiger partial charge in [-0.15, -0.1) is 0 Å². The van der Waals surface area contributed by atoms with Crippen molar-refractivity contribution in [3.05, 3.63) is 550 Å². The highest BCUT2D eigenvalue weighted by molar-refractivity contribution is 5.99. The number of hydrogen-bond acceptors (Lipinski definition) is 4. The quantitative estimate of drug-likeness (QED) is 0.0594. The van der Waals surface area contributed by atoms with Crippen molar-refractivity contribution in [3.8, 4) is 89.0 Å². The van der Waals surface area contributed by atoms with E-state index in [1.54, 1.807) is 0 Å². The monoisotopic (exact) mass is 1860 g/mol. The van der Waals surface area contributed by atoms with Crippen molar-refractivity contribution < 1.29 is 4.84 Å². The predicted octanol–water partition coefficient (Wildman–Crippen LogP) is 37.1. The molecule has 19 aromatic carbocycles. The van der Waals surface area contributed by atoms with Gasteiger partial charge in [0, 0.05) is 50.5 Å². The lowest BCUT2D eigenvalue weighted by Crippen LogP contribution is -2.46. The molecule has 24 rings (SSSR count). The second-order valence-corrected chi connectivity index (χ2v) is 44.4. The van der Waals surface area contributed by atoms with Crippen molar-refractivity contribution in [2.24, 2.45) is 5.92 Å². The summed E-state index contributed by atoms with van der Waals surface area (Å²) >= 11 is 0. The lowest BCUT2D eigenvalue weighted by molar-refractivity contribution is -0.278. The highest BCUT2D eigenvalue weighted by Crippen LogP contribution is 2.65. The number of rotatable bonds is 23. The summed E-state index contributed by atoms with van der Waals surface area (Å²) in [6.07, 6.45) is 1.27. The Morgan fingerprint density at radius 3 is 1.03 bits per heavy atom. The van der Waals surface area contributed by atoms with Crippen LogP contribution in [0, 0.1) is 5.92 Å². The Morgan fingerprint density at radius 1 is 0.243 bits per heavy atom. The molecule has 5 aliphatic rings. The van der Waals surface area contributed by atoms with Crippen molar-refractivity contribution in [1.29, 1.82) is 0 Å². The second-order valence-electron chi connectivity index (χ2n) is 44.4. The molecule has 0 aromatic heterocycles. The summed E-state index contributed by atoms with van der Waals surface area (Å²) < 4.78 is 0. The largest absolute Gasteiger partial charge is 0.310 e. The van der Waals surface area contributed by atoms with E-state index < -0.39 is 16.4 Å². The Labute approximate surface area is 851 Å². The van der Waals surface area contributed by atoms with Gasteiger partial charge >= 0.3 is 0 Å². The van der Waals surface area contributed by atoms with Gasteiger partial charge in [0.2, 0.25) is 0 Å². The molecule has 0 heterocycles. The Hall–Kier alpha value is -15.3. The van der Waals surface area contributed by atoms with Gasteiger partial charge in [-0.25, -0.2) is 0 Å². The van der Waals surface area contributed by atoms with Gasteiger partial charge in [0.15, 0.2) is 0 Å². The first kappa shape index (κ1) is 91.2. The van der Waals surface area contributed by atoms with Gasteiger partial charge < -0.3 is 9.80 Å². The lowest BCUT2D eigenvalue weighted by atomic mass is 9.67. The summed E-state index contributed by atoms with van der Waals surface area (Å²) in [7, 11) is 0. The van der Waals surface area contributed by atoms with Crippen molar-refractivity contribution in [1.82, 2.24) is 5.06 Å². The van der Waals surface area contributed by atoms with E-state index >= 15 is 0 Å². The van der Waals surface area contributed by atoms with Crippen molar-refractivity contribution >= 4 is 34.1 Å². The molecule has 704 valence electrons. The third-order valence-electron chi connectivity index (χ3n) is 32.8. The fourth-order valence-electron chi connectivity index (χ4n) is 25.6. The molecule has 0 bridgehead atoms. The van der Waals surface area contributed by atoms with E-state index in [2.05, 4.69) is 560 Å². The fourth-order valence-corrected chi connectivity index (χ4v) is 25.6. The van der Waals surface area contributed by atoms with Crippen LogP contribution in [0.5, 0.6) is 0 Å². The van der Waals surface area contributed by atoms with Crippen LogP contribution in [0.15, 0.2) is 455 Å². The molecular formula is C140H123N3O. The lowest BCUT2D eigenvalue weighted by Gasteiger charge is -2.45. The molecule has 6 unspecified atom stereocenters. The van der Waals surface area contributed by atoms with Crippen molar-refractivity contribution in [2.75, 3.05) is 9.80 Å². The molecule has 1 spiro atoms. The third-order valence-corrected chi connectivity index (χ3v) is 32.8. The van der Waals surface area contributed by atoms with E-state index in [4.69, 9.17) is 4.84 Å². The van der Waals surface area contributed by atoms with E-state index in [1.807, 2.05) is 0 Å². The molecule has 19 aromatic rings. The molecule has 4 heteroatoms. The summed E-state index contributed by atoms with van der Waals surface area (Å²) in [5.41, 5.74) is 46.5. The Balaban J connectivity index is 0.593. The zero-order valence-electron chi connectivity index (χ0n) is 84.9. The van der Waals surface area contributed by atoms with E-state index in [1.165, 1.54) is 161 Å². The van der Waals surface area contributed by atoms with Gasteiger partial charge in [0.05, 0.1) is 16.9 Å². The standard InChI is InChI=1S/C140H123N3O/c1-91(2)134(99-39-20-15-21-40-99)143(136(7,8)9)144-133(98-63-61-94(62-64-98)95-65-69-105(70-66-95)139(106-73-71-104(72-74-106)135(4,5)6)125-54-33-28-49-115(125)122-82-77-112(90-132(122)139)141(107-42-22-16-23-43-107)108-44-24-17-25-45-108)87-103(83-92(3)93-37-18-14-19-38-93)97-59-57-96(58-60-97)101-67-78-120-116-50-29-34-55-126(116)140(130(120)85-101)127-56-35-30-51-117(127)121-79-68-102(86-131(121)140)100-41-36-46-109(84-100)142(110-75-80-118-113-47-26-31-52-123(113)137(10,11)128(118)88-110)111-76-81-119-114-48-27-32-53-124(114)138(12,13)129(119)89-111/h14-82,84-86,88-92,103,133-134H,83,87H2,1-13H3. The molecule has 0 amide bonds. The van der Waals surface area contributed by atoms with Crippen LogP contribution in [0.1, 0.15) is 221 Å². The molecular weight excluding hydrogens is 1740 g/mol. The third kappa shape index (κ3) is 15.2. The number of fused-ring (bicyclic) bond motifs is 19. The fraction of sp³-hybridized carbons (Fsp3) is 0.186. The number of benzene rings is 19. The molecule has 4 nitrogen and oxygen atoms in total. The maximum atomic E-state index is 8.07. The summed E-state index contributed by atoms with van der Waals surface area (Å²) in [5, 5.41) is 2.36. The molecule has 5 aliphatic carbocycles. The minimum absolute atomic E-state index is 0.0300. The maximum absolute atomic E-state index is 8.07. The van der Waals surface area contributed by atoms with E-state index in [-0.39, 0.29) is 46.1 Å². The normalized spacial score (nSPS) is 16.4. The van der Waals surface area contributed by atoms with Crippen molar-refractivity contribution in [3.63, 3.8) is 0 Å². The van der Waals surface area contributed by atoms with Crippen LogP contribution in [0.4, 0.5) is 34.1 Å². The SMILES string of the molecule is CC(CC(CC(ON(C(c1ccccc1)C(C)C)C(C)(C)C)c1ccc(-c2ccc(C3(c4ccc(C(C)(C)C)cc4)c4ccccc4-c4ccc(N(c5ccccc5)c5ccccc5)cc43)cc2)cc1)c1ccc(-c2ccc3c(c2)C2(c4ccccc4-3)c3ccccc3-c3ccc(-c4cccc(N(c5ccc6c(c5)C(C)(C)c5ccccc5-6)c5ccc6c(c5)C(C)(C)c5ccccc5-6)c4)cc32)cc1)c1ccccc1. The van der Waals surface area contributed by atoms with Gasteiger partial charge in [0.1, 0.15) is 6.10 Å². The summed E-state index contributed by atoms with van der Waals surface area (Å²) in [6.45, 7) is 30.6. The van der Waals surface area contributed by atoms with Gasteiger partial charge in [-0.05, 0) is 325 Å². The zero-order valence-corrected chi connectivity index (χ0v) is 84.9. The van der Waals surface area contributed by atoms with Crippen LogP contribution in [0.3, 0.4) is 0 Å². The first-order chi connectivity index (χ1) is 69.9. The molecule has 6 atom stereocenters. The van der Waals surface area contributed by atoms with Crippen LogP contribution < -0.4 is 9.80 Å². The predicted molar refractivity (Wildman–Crippen MR) is 602 cm³/mol. The Kier molecular flexibility index (Phi) is 22.6. The van der Waals surface area contributed by atoms with Crippen molar-refractivity contribution in [2.45, 2.75) is 159 Å². The van der Waals surface area contributed by atoms with Crippen LogP contribution in [0.25, 0.3) is 89.0 Å².